The van der Waals surface area contributed by atoms with Crippen LogP contribution in [0.4, 0.5) is 0 Å². The average Bonchev–Trinajstić information content (AvgIpc) is 2.36. The van der Waals surface area contributed by atoms with Gasteiger partial charge in [0.15, 0.2) is 12.6 Å². The van der Waals surface area contributed by atoms with E-state index >= 15 is 0 Å². The maximum atomic E-state index is 10.9. The quantitative estimate of drug-likeness (QED) is 0.619. The molecule has 2 heterocycles. The van der Waals surface area contributed by atoms with Crippen LogP contribution in [-0.4, -0.2) is 48.1 Å². The van der Waals surface area contributed by atoms with Crippen LogP contribution in [0.25, 0.3) is 0 Å². The van der Waals surface area contributed by atoms with E-state index in [-0.39, 0.29) is 30.4 Å². The van der Waals surface area contributed by atoms with Gasteiger partial charge in [-0.3, -0.25) is 4.79 Å². The summed E-state index contributed by atoms with van der Waals surface area (Å²) in [6, 6.07) is 0. The van der Waals surface area contributed by atoms with Crippen molar-refractivity contribution in [2.45, 2.75) is 70.6 Å². The summed E-state index contributed by atoms with van der Waals surface area (Å²) >= 11 is 0. The van der Waals surface area contributed by atoms with Crippen molar-refractivity contribution in [3.05, 3.63) is 12.2 Å². The number of rotatable bonds is 3. The average molecular weight is 286 g/mol. The first kappa shape index (κ1) is 15.4. The van der Waals surface area contributed by atoms with Crippen molar-refractivity contribution in [2.24, 2.45) is 0 Å². The van der Waals surface area contributed by atoms with Crippen LogP contribution in [0, 0.1) is 0 Å². The van der Waals surface area contributed by atoms with E-state index < -0.39 is 12.6 Å². The van der Waals surface area contributed by atoms with Crippen molar-refractivity contribution >= 4 is 5.97 Å². The topological polar surface area (TPSA) is 74.2 Å². The lowest BCUT2D eigenvalue weighted by Gasteiger charge is -2.36. The lowest BCUT2D eigenvalue weighted by Crippen LogP contribution is -2.43. The molecule has 0 aromatic carbocycles. The van der Waals surface area contributed by atoms with Crippen LogP contribution in [0.15, 0.2) is 12.2 Å². The lowest BCUT2D eigenvalue weighted by atomic mass is 10.1. The molecule has 0 aliphatic carbocycles. The van der Waals surface area contributed by atoms with Crippen molar-refractivity contribution in [1.82, 2.24) is 0 Å². The highest BCUT2D eigenvalue weighted by atomic mass is 16.7. The van der Waals surface area contributed by atoms with Crippen molar-refractivity contribution in [3.8, 4) is 0 Å². The molecule has 0 amide bonds. The monoisotopic (exact) mass is 286 g/mol. The van der Waals surface area contributed by atoms with Gasteiger partial charge in [-0.2, -0.15) is 0 Å². The van der Waals surface area contributed by atoms with Gasteiger partial charge >= 0.3 is 5.97 Å². The summed E-state index contributed by atoms with van der Waals surface area (Å²) in [5.74, 6) is -0.335. The first-order valence-electron chi connectivity index (χ1n) is 6.95. The van der Waals surface area contributed by atoms with E-state index in [0.29, 0.717) is 6.42 Å². The molecular weight excluding hydrogens is 264 g/mol. The molecule has 1 saturated heterocycles. The normalized spacial score (nSPS) is 41.4. The number of aliphatic hydroxyl groups excluding tert-OH is 1. The van der Waals surface area contributed by atoms with Crippen LogP contribution in [0.2, 0.25) is 0 Å². The molecule has 6 atom stereocenters. The molecule has 114 valence electrons. The number of esters is 1. The number of ether oxygens (including phenoxy) is 4. The van der Waals surface area contributed by atoms with Gasteiger partial charge in [0.05, 0.1) is 18.3 Å². The van der Waals surface area contributed by atoms with Gasteiger partial charge in [-0.15, -0.1) is 0 Å². The van der Waals surface area contributed by atoms with Crippen LogP contribution in [-0.2, 0) is 23.7 Å². The fourth-order valence-electron chi connectivity index (χ4n) is 2.39. The van der Waals surface area contributed by atoms with E-state index in [4.69, 9.17) is 18.9 Å². The third-order valence-corrected chi connectivity index (χ3v) is 3.47. The van der Waals surface area contributed by atoms with E-state index in [1.165, 1.54) is 6.92 Å². The minimum absolute atomic E-state index is 0.120. The summed E-state index contributed by atoms with van der Waals surface area (Å²) in [5, 5.41) is 9.39. The molecule has 1 unspecified atom stereocenters. The van der Waals surface area contributed by atoms with Gasteiger partial charge in [-0.05, 0) is 32.4 Å². The van der Waals surface area contributed by atoms with Crippen molar-refractivity contribution in [2.75, 3.05) is 0 Å². The highest BCUT2D eigenvalue weighted by Gasteiger charge is 2.32. The zero-order chi connectivity index (χ0) is 14.7. The number of carbonyl (C=O) groups is 1. The van der Waals surface area contributed by atoms with E-state index in [0.717, 1.165) is 6.42 Å². The fraction of sp³-hybridized carbons (Fsp3) is 0.786. The van der Waals surface area contributed by atoms with Gasteiger partial charge < -0.3 is 24.1 Å². The first-order valence-corrected chi connectivity index (χ1v) is 6.95. The summed E-state index contributed by atoms with van der Waals surface area (Å²) < 4.78 is 21.9. The molecule has 2 rings (SSSR count). The largest absolute Gasteiger partial charge is 0.456 e. The van der Waals surface area contributed by atoms with Gasteiger partial charge in [-0.1, -0.05) is 0 Å². The highest BCUT2D eigenvalue weighted by molar-refractivity contribution is 5.66. The molecule has 0 radical (unpaired) electrons. The van der Waals surface area contributed by atoms with E-state index in [1.54, 1.807) is 12.2 Å². The number of hydrogen-bond acceptors (Lipinski definition) is 6. The first-order chi connectivity index (χ1) is 9.45. The third-order valence-electron chi connectivity index (χ3n) is 3.47. The van der Waals surface area contributed by atoms with Crippen molar-refractivity contribution in [1.29, 1.82) is 0 Å². The predicted molar refractivity (Wildman–Crippen MR) is 69.7 cm³/mol. The third kappa shape index (κ3) is 4.02. The van der Waals surface area contributed by atoms with Crippen LogP contribution in [0.3, 0.4) is 0 Å². The van der Waals surface area contributed by atoms with E-state index in [1.807, 2.05) is 13.8 Å². The lowest BCUT2D eigenvalue weighted by molar-refractivity contribution is -0.250. The second-order valence-electron chi connectivity index (χ2n) is 5.22. The molecular formula is C14H22O6. The second-order valence-corrected chi connectivity index (χ2v) is 5.22. The molecule has 20 heavy (non-hydrogen) atoms. The molecule has 0 aromatic rings. The minimum Gasteiger partial charge on any atom is -0.456 e. The molecule has 1 N–H and O–H groups in total. The summed E-state index contributed by atoms with van der Waals surface area (Å²) in [7, 11) is 0. The number of aliphatic hydroxyl groups is 1. The van der Waals surface area contributed by atoms with Gasteiger partial charge in [0.1, 0.15) is 6.10 Å². The SMILES string of the molecule is CC(=O)O[C@@H]1C=C[C@H](O[C@H]2CCC(O)O[C@H]2C)O[C@H]1C. The van der Waals surface area contributed by atoms with E-state index in [2.05, 4.69) is 0 Å². The Kier molecular flexibility index (Phi) is 5.15. The summed E-state index contributed by atoms with van der Waals surface area (Å²) in [6.45, 7) is 5.07. The zero-order valence-electron chi connectivity index (χ0n) is 12.0. The number of carbonyl (C=O) groups excluding carboxylic acids is 1. The standard InChI is InChI=1S/C14H22O6/c1-8-12(4-6-13(16)17-8)20-14-7-5-11(9(2)18-14)19-10(3)15/h5,7-9,11-14,16H,4,6H2,1-3H3/t8-,9-,11+,12-,13?,14-/m0/s1. The number of hydrogen-bond donors (Lipinski definition) is 1. The van der Waals surface area contributed by atoms with Crippen LogP contribution < -0.4 is 0 Å². The predicted octanol–water partition coefficient (Wildman–Crippen LogP) is 1.12. The fourth-order valence-corrected chi connectivity index (χ4v) is 2.39. The molecule has 2 aliphatic rings. The van der Waals surface area contributed by atoms with Crippen molar-refractivity contribution < 1.29 is 28.8 Å². The Balaban J connectivity index is 1.87. The van der Waals surface area contributed by atoms with Crippen molar-refractivity contribution in [3.63, 3.8) is 0 Å². The molecule has 6 heteroatoms. The van der Waals surface area contributed by atoms with Crippen LogP contribution in [0.5, 0.6) is 0 Å². The Labute approximate surface area is 118 Å². The Hall–Kier alpha value is -0.950. The maximum Gasteiger partial charge on any atom is 0.303 e. The second kappa shape index (κ2) is 6.67. The molecule has 1 fully saturated rings. The summed E-state index contributed by atoms with van der Waals surface area (Å²) in [5.41, 5.74) is 0. The molecule has 0 saturated carbocycles. The van der Waals surface area contributed by atoms with Gasteiger partial charge in [0, 0.05) is 13.3 Å². The van der Waals surface area contributed by atoms with Gasteiger partial charge in [0.25, 0.3) is 0 Å². The molecule has 0 aromatic heterocycles. The van der Waals surface area contributed by atoms with Crippen LogP contribution in [0.1, 0.15) is 33.6 Å². The van der Waals surface area contributed by atoms with E-state index in [9.17, 15) is 9.90 Å². The highest BCUT2D eigenvalue weighted by Crippen LogP contribution is 2.25. The van der Waals surface area contributed by atoms with Crippen LogP contribution >= 0.6 is 0 Å². The Morgan fingerprint density at radius 1 is 1.20 bits per heavy atom. The maximum absolute atomic E-state index is 10.9. The molecule has 6 nitrogen and oxygen atoms in total. The minimum atomic E-state index is -0.708. The molecule has 0 spiro atoms. The Bertz CT molecular complexity index is 369. The summed E-state index contributed by atoms with van der Waals surface area (Å²) in [6.07, 6.45) is 2.66. The zero-order valence-corrected chi connectivity index (χ0v) is 12.0. The summed E-state index contributed by atoms with van der Waals surface area (Å²) in [4.78, 5) is 10.9. The Morgan fingerprint density at radius 2 is 1.95 bits per heavy atom. The Morgan fingerprint density at radius 3 is 2.55 bits per heavy atom. The smallest absolute Gasteiger partial charge is 0.303 e. The molecule has 2 aliphatic heterocycles. The van der Waals surface area contributed by atoms with Gasteiger partial charge in [0.2, 0.25) is 0 Å². The molecule has 0 bridgehead atoms. The van der Waals surface area contributed by atoms with Gasteiger partial charge in [-0.25, -0.2) is 0 Å².